The van der Waals surface area contributed by atoms with E-state index >= 15 is 0 Å². The molecule has 0 saturated heterocycles. The van der Waals surface area contributed by atoms with Crippen LogP contribution in [0, 0.1) is 17.5 Å². The van der Waals surface area contributed by atoms with Crippen molar-refractivity contribution in [3.8, 4) is 0 Å². The van der Waals surface area contributed by atoms with Crippen molar-refractivity contribution in [2.75, 3.05) is 0 Å². The molecule has 2 nitrogen and oxygen atoms in total. The minimum Gasteiger partial charge on any atom is -0.271 e. The van der Waals surface area contributed by atoms with Gasteiger partial charge in [0, 0.05) is 17.1 Å². The van der Waals surface area contributed by atoms with Crippen molar-refractivity contribution in [3.05, 3.63) is 70.0 Å². The summed E-state index contributed by atoms with van der Waals surface area (Å²) in [6, 6.07) is 7.30. The zero-order valence-electron chi connectivity index (χ0n) is 11.0. The molecule has 112 valence electrons. The monoisotopic (exact) mass is 314 g/mol. The molecule has 0 aliphatic heterocycles. The highest BCUT2D eigenvalue weighted by atomic mass is 35.5. The highest BCUT2D eigenvalue weighted by molar-refractivity contribution is 6.30. The smallest absolute Gasteiger partial charge is 0.129 e. The molecule has 0 saturated carbocycles. The number of nitrogens with two attached hydrogens (primary N) is 1. The summed E-state index contributed by atoms with van der Waals surface area (Å²) in [4.78, 5) is 0. The lowest BCUT2D eigenvalue weighted by Crippen LogP contribution is -2.38. The molecule has 0 aliphatic carbocycles. The van der Waals surface area contributed by atoms with Crippen LogP contribution in [0.3, 0.4) is 0 Å². The molecule has 0 aromatic heterocycles. The maximum Gasteiger partial charge on any atom is 0.129 e. The van der Waals surface area contributed by atoms with Crippen LogP contribution in [-0.2, 0) is 12.8 Å². The SMILES string of the molecule is NNC(Cc1ccc(F)cc1F)Cc1ccc(Cl)cc1F. The normalized spacial score (nSPS) is 12.4. The molecule has 6 heteroatoms. The summed E-state index contributed by atoms with van der Waals surface area (Å²) < 4.78 is 40.2. The van der Waals surface area contributed by atoms with Gasteiger partial charge >= 0.3 is 0 Å². The first-order valence-corrected chi connectivity index (χ1v) is 6.71. The van der Waals surface area contributed by atoms with Gasteiger partial charge in [0.15, 0.2) is 0 Å². The van der Waals surface area contributed by atoms with E-state index < -0.39 is 17.5 Å². The third kappa shape index (κ3) is 4.20. The van der Waals surface area contributed by atoms with Crippen LogP contribution < -0.4 is 11.3 Å². The van der Waals surface area contributed by atoms with Crippen molar-refractivity contribution in [3.63, 3.8) is 0 Å². The summed E-state index contributed by atoms with van der Waals surface area (Å²) in [6.45, 7) is 0. The van der Waals surface area contributed by atoms with Gasteiger partial charge in [0.05, 0.1) is 0 Å². The molecule has 2 aromatic rings. The molecule has 0 aliphatic rings. The first kappa shape index (κ1) is 15.8. The van der Waals surface area contributed by atoms with Gasteiger partial charge in [-0.05, 0) is 42.2 Å². The Balaban J connectivity index is 2.13. The Bertz CT molecular complexity index is 581. The van der Waals surface area contributed by atoms with Gasteiger partial charge in [-0.2, -0.15) is 0 Å². The van der Waals surface area contributed by atoms with Crippen LogP contribution in [0.2, 0.25) is 5.02 Å². The molecule has 0 bridgehead atoms. The standard InChI is InChI=1S/C15H14ClF3N2/c16-11-3-1-9(14(18)7-11)5-13(21-20)6-10-2-4-12(17)8-15(10)19/h1-4,7-8,13,21H,5-6,20H2. The first-order valence-electron chi connectivity index (χ1n) is 6.33. The number of hydrogen-bond donors (Lipinski definition) is 2. The largest absolute Gasteiger partial charge is 0.271 e. The molecule has 1 unspecified atom stereocenters. The van der Waals surface area contributed by atoms with E-state index in [9.17, 15) is 13.2 Å². The predicted molar refractivity (Wildman–Crippen MR) is 76.3 cm³/mol. The minimum atomic E-state index is -0.646. The molecule has 0 spiro atoms. The number of rotatable bonds is 5. The van der Waals surface area contributed by atoms with Crippen LogP contribution in [0.4, 0.5) is 13.2 Å². The van der Waals surface area contributed by atoms with Crippen LogP contribution in [0.5, 0.6) is 0 Å². The predicted octanol–water partition coefficient (Wildman–Crippen LogP) is 3.37. The molecule has 2 aromatic carbocycles. The maximum absolute atomic E-state index is 13.7. The lowest BCUT2D eigenvalue weighted by Gasteiger charge is -2.17. The fourth-order valence-electron chi connectivity index (χ4n) is 2.10. The topological polar surface area (TPSA) is 38.0 Å². The highest BCUT2D eigenvalue weighted by Crippen LogP contribution is 2.18. The van der Waals surface area contributed by atoms with Crippen molar-refractivity contribution in [2.24, 2.45) is 5.84 Å². The van der Waals surface area contributed by atoms with E-state index in [1.54, 1.807) is 12.1 Å². The Labute approximate surface area is 125 Å². The van der Waals surface area contributed by atoms with Crippen LogP contribution in [0.1, 0.15) is 11.1 Å². The number of benzene rings is 2. The molecule has 3 N–H and O–H groups in total. The second-order valence-electron chi connectivity index (χ2n) is 4.74. The van der Waals surface area contributed by atoms with Crippen molar-refractivity contribution in [1.29, 1.82) is 0 Å². The van der Waals surface area contributed by atoms with Gasteiger partial charge in [0.2, 0.25) is 0 Å². The van der Waals surface area contributed by atoms with Crippen LogP contribution >= 0.6 is 11.6 Å². The van der Waals surface area contributed by atoms with Crippen LogP contribution in [-0.4, -0.2) is 6.04 Å². The van der Waals surface area contributed by atoms with Crippen molar-refractivity contribution >= 4 is 11.6 Å². The Hall–Kier alpha value is -1.56. The van der Waals surface area contributed by atoms with Gasteiger partial charge in [-0.1, -0.05) is 23.7 Å². The number of hydrogen-bond acceptors (Lipinski definition) is 2. The molecule has 21 heavy (non-hydrogen) atoms. The Morgan fingerprint density at radius 3 is 2.05 bits per heavy atom. The summed E-state index contributed by atoms with van der Waals surface area (Å²) >= 11 is 5.69. The summed E-state index contributed by atoms with van der Waals surface area (Å²) in [5.41, 5.74) is 3.26. The number of halogens is 4. The van der Waals surface area contributed by atoms with Crippen molar-refractivity contribution in [2.45, 2.75) is 18.9 Å². The summed E-state index contributed by atoms with van der Waals surface area (Å²) in [5, 5.41) is 0.304. The fourth-order valence-corrected chi connectivity index (χ4v) is 2.25. The van der Waals surface area contributed by atoms with Gasteiger partial charge in [0.25, 0.3) is 0 Å². The summed E-state index contributed by atoms with van der Waals surface area (Å²) in [5.74, 6) is 3.70. The summed E-state index contributed by atoms with van der Waals surface area (Å²) in [7, 11) is 0. The average Bonchev–Trinajstić information content (AvgIpc) is 2.43. The minimum absolute atomic E-state index is 0.213. The molecular formula is C15H14ClF3N2. The van der Waals surface area contributed by atoms with E-state index in [1.807, 2.05) is 0 Å². The second kappa shape index (κ2) is 6.93. The van der Waals surface area contributed by atoms with Gasteiger partial charge < -0.3 is 0 Å². The van der Waals surface area contributed by atoms with Crippen LogP contribution in [0.15, 0.2) is 36.4 Å². The third-order valence-corrected chi connectivity index (χ3v) is 3.43. The van der Waals surface area contributed by atoms with Gasteiger partial charge in [-0.3, -0.25) is 11.3 Å². The number of nitrogens with one attached hydrogen (secondary N) is 1. The van der Waals surface area contributed by atoms with Crippen molar-refractivity contribution in [1.82, 2.24) is 5.43 Å². The van der Waals surface area contributed by atoms with Gasteiger partial charge in [-0.25, -0.2) is 13.2 Å². The highest BCUT2D eigenvalue weighted by Gasteiger charge is 2.14. The molecule has 0 heterocycles. The Morgan fingerprint density at radius 2 is 1.52 bits per heavy atom. The molecule has 1 atom stereocenters. The third-order valence-electron chi connectivity index (χ3n) is 3.20. The average molecular weight is 315 g/mol. The molecule has 0 radical (unpaired) electrons. The zero-order chi connectivity index (χ0) is 15.4. The molecule has 0 fully saturated rings. The van der Waals surface area contributed by atoms with E-state index in [2.05, 4.69) is 5.43 Å². The van der Waals surface area contributed by atoms with Gasteiger partial charge in [-0.15, -0.1) is 0 Å². The molecular weight excluding hydrogens is 301 g/mol. The number of hydrazine groups is 1. The molecule has 2 rings (SSSR count). The fraction of sp³-hybridized carbons (Fsp3) is 0.200. The first-order chi connectivity index (χ1) is 9.99. The zero-order valence-corrected chi connectivity index (χ0v) is 11.8. The van der Waals surface area contributed by atoms with E-state index in [1.165, 1.54) is 18.2 Å². The van der Waals surface area contributed by atoms with Gasteiger partial charge in [0.1, 0.15) is 17.5 Å². The quantitative estimate of drug-likeness (QED) is 0.656. The Kier molecular flexibility index (Phi) is 5.22. The van der Waals surface area contributed by atoms with E-state index in [0.29, 0.717) is 16.1 Å². The van der Waals surface area contributed by atoms with E-state index in [4.69, 9.17) is 17.4 Å². The van der Waals surface area contributed by atoms with E-state index in [0.717, 1.165) is 6.07 Å². The Morgan fingerprint density at radius 1 is 0.952 bits per heavy atom. The van der Waals surface area contributed by atoms with Crippen LogP contribution in [0.25, 0.3) is 0 Å². The lowest BCUT2D eigenvalue weighted by atomic mass is 9.99. The second-order valence-corrected chi connectivity index (χ2v) is 5.18. The molecule has 0 amide bonds. The maximum atomic E-state index is 13.7. The summed E-state index contributed by atoms with van der Waals surface area (Å²) in [6.07, 6.45) is 0.473. The van der Waals surface area contributed by atoms with E-state index in [-0.39, 0.29) is 18.9 Å². The lowest BCUT2D eigenvalue weighted by molar-refractivity contribution is 0.491. The van der Waals surface area contributed by atoms with Crippen molar-refractivity contribution < 1.29 is 13.2 Å².